The topological polar surface area (TPSA) is 79.3 Å². The highest BCUT2D eigenvalue weighted by Crippen LogP contribution is 2.30. The van der Waals surface area contributed by atoms with Crippen molar-refractivity contribution < 1.29 is 14.7 Å². The van der Waals surface area contributed by atoms with Gasteiger partial charge >= 0.3 is 5.97 Å². The van der Waals surface area contributed by atoms with Crippen LogP contribution in [-0.4, -0.2) is 21.8 Å². The largest absolute Gasteiger partial charge is 0.476 e. The number of ketones is 1. The van der Waals surface area contributed by atoms with Gasteiger partial charge in [-0.3, -0.25) is 4.79 Å². The van der Waals surface area contributed by atoms with Gasteiger partial charge in [-0.15, -0.1) is 0 Å². The molecule has 0 unspecified atom stereocenters. The van der Waals surface area contributed by atoms with Crippen molar-refractivity contribution in [3.8, 4) is 0 Å². The number of anilines is 2. The van der Waals surface area contributed by atoms with Gasteiger partial charge in [0.2, 0.25) is 0 Å². The predicted octanol–water partition coefficient (Wildman–Crippen LogP) is 4.09. The highest BCUT2D eigenvalue weighted by molar-refractivity contribution is 7.17. The Morgan fingerprint density at radius 3 is 2.50 bits per heavy atom. The molecule has 104 valence electrons. The van der Waals surface area contributed by atoms with E-state index in [4.69, 9.17) is 28.3 Å². The number of nitrogens with one attached hydrogen (secondary N) is 1. The molecule has 8 heteroatoms. The number of aromatic carboxylic acids is 1. The maximum absolute atomic E-state index is 11.4. The summed E-state index contributed by atoms with van der Waals surface area (Å²) in [6.07, 6.45) is 0. The normalized spacial score (nSPS) is 10.3. The minimum Gasteiger partial charge on any atom is -0.476 e. The van der Waals surface area contributed by atoms with Crippen LogP contribution in [0.15, 0.2) is 18.2 Å². The second kappa shape index (κ2) is 5.78. The molecular formula is C12H8Cl2N2O3S. The van der Waals surface area contributed by atoms with E-state index in [0.717, 1.165) is 11.3 Å². The van der Waals surface area contributed by atoms with Gasteiger partial charge in [0.05, 0.1) is 10.0 Å². The van der Waals surface area contributed by atoms with Crippen molar-refractivity contribution in [2.24, 2.45) is 0 Å². The number of halogens is 2. The Labute approximate surface area is 128 Å². The van der Waals surface area contributed by atoms with E-state index in [-0.39, 0.29) is 16.4 Å². The summed E-state index contributed by atoms with van der Waals surface area (Å²) in [5.74, 6) is -1.59. The summed E-state index contributed by atoms with van der Waals surface area (Å²) in [6, 6.07) is 4.85. The number of carboxylic acid groups (broad SMARTS) is 1. The molecule has 2 aromatic rings. The lowest BCUT2D eigenvalue weighted by Crippen LogP contribution is -2.03. The van der Waals surface area contributed by atoms with Gasteiger partial charge in [0.25, 0.3) is 0 Å². The lowest BCUT2D eigenvalue weighted by molar-refractivity contribution is 0.0687. The summed E-state index contributed by atoms with van der Waals surface area (Å²) >= 11 is 12.7. The van der Waals surface area contributed by atoms with Crippen molar-refractivity contribution in [1.82, 2.24) is 4.98 Å². The molecule has 0 aliphatic carbocycles. The quantitative estimate of drug-likeness (QED) is 0.825. The van der Waals surface area contributed by atoms with Gasteiger partial charge in [-0.2, -0.15) is 0 Å². The van der Waals surface area contributed by atoms with Gasteiger partial charge in [-0.1, -0.05) is 34.5 Å². The van der Waals surface area contributed by atoms with Crippen LogP contribution in [0, 0.1) is 0 Å². The van der Waals surface area contributed by atoms with Gasteiger partial charge in [-0.05, 0) is 18.2 Å². The van der Waals surface area contributed by atoms with E-state index < -0.39 is 5.97 Å². The molecule has 0 radical (unpaired) electrons. The molecule has 0 saturated heterocycles. The average molecular weight is 331 g/mol. The zero-order valence-corrected chi connectivity index (χ0v) is 12.4. The highest BCUT2D eigenvalue weighted by Gasteiger charge is 2.20. The van der Waals surface area contributed by atoms with Gasteiger partial charge in [0.1, 0.15) is 4.88 Å². The minimum absolute atomic E-state index is 0.0973. The first kappa shape index (κ1) is 14.8. The van der Waals surface area contributed by atoms with Gasteiger partial charge in [0.15, 0.2) is 16.6 Å². The van der Waals surface area contributed by atoms with Crippen molar-refractivity contribution in [1.29, 1.82) is 0 Å². The molecule has 2 N–H and O–H groups in total. The first-order valence-electron chi connectivity index (χ1n) is 5.35. The molecule has 20 heavy (non-hydrogen) atoms. The summed E-state index contributed by atoms with van der Waals surface area (Å²) < 4.78 is 0. The van der Waals surface area contributed by atoms with Crippen molar-refractivity contribution in [3.05, 3.63) is 38.8 Å². The van der Waals surface area contributed by atoms with E-state index in [1.807, 2.05) is 0 Å². The van der Waals surface area contributed by atoms with Crippen LogP contribution in [0.25, 0.3) is 0 Å². The van der Waals surface area contributed by atoms with E-state index in [1.165, 1.54) is 6.92 Å². The van der Waals surface area contributed by atoms with E-state index in [1.54, 1.807) is 18.2 Å². The number of hydrogen-bond acceptors (Lipinski definition) is 5. The Bertz CT molecular complexity index is 669. The Hall–Kier alpha value is -1.63. The number of carbonyl (C=O) groups excluding carboxylic acids is 1. The summed E-state index contributed by atoms with van der Waals surface area (Å²) in [5.41, 5.74) is 0.338. The number of thiazole rings is 1. The average Bonchev–Trinajstić information content (AvgIpc) is 2.78. The molecule has 0 amide bonds. The fourth-order valence-corrected chi connectivity index (χ4v) is 2.63. The van der Waals surface area contributed by atoms with Crippen molar-refractivity contribution in [2.45, 2.75) is 6.92 Å². The number of hydrogen-bond donors (Lipinski definition) is 2. The number of carboxylic acids is 1. The number of carbonyl (C=O) groups is 2. The molecule has 0 aliphatic heterocycles. The van der Waals surface area contributed by atoms with Crippen molar-refractivity contribution in [2.75, 3.05) is 5.32 Å². The second-order valence-corrected chi connectivity index (χ2v) is 5.63. The van der Waals surface area contributed by atoms with Crippen LogP contribution < -0.4 is 5.32 Å². The molecule has 1 aromatic carbocycles. The fourth-order valence-electron chi connectivity index (χ4n) is 1.45. The Morgan fingerprint density at radius 2 is 2.00 bits per heavy atom. The smallest absolute Gasteiger partial charge is 0.356 e. The molecule has 1 heterocycles. The maximum Gasteiger partial charge on any atom is 0.356 e. The molecule has 1 aromatic heterocycles. The molecule has 0 saturated carbocycles. The summed E-state index contributed by atoms with van der Waals surface area (Å²) in [6.45, 7) is 1.29. The first-order chi connectivity index (χ1) is 9.38. The molecular weight excluding hydrogens is 323 g/mol. The van der Waals surface area contributed by atoms with Crippen LogP contribution in [0.5, 0.6) is 0 Å². The van der Waals surface area contributed by atoms with Gasteiger partial charge < -0.3 is 10.4 Å². The highest BCUT2D eigenvalue weighted by atomic mass is 35.5. The Kier molecular flexibility index (Phi) is 4.27. The Morgan fingerprint density at radius 1 is 1.30 bits per heavy atom. The second-order valence-electron chi connectivity index (χ2n) is 3.81. The fraction of sp³-hybridized carbons (Fsp3) is 0.0833. The van der Waals surface area contributed by atoms with Crippen LogP contribution in [0.2, 0.25) is 10.0 Å². The van der Waals surface area contributed by atoms with E-state index >= 15 is 0 Å². The third-order valence-corrected chi connectivity index (χ3v) is 4.13. The third kappa shape index (κ3) is 3.09. The predicted molar refractivity (Wildman–Crippen MR) is 78.8 cm³/mol. The van der Waals surface area contributed by atoms with Crippen LogP contribution in [0.4, 0.5) is 10.8 Å². The zero-order valence-electron chi connectivity index (χ0n) is 10.1. The Balaban J connectivity index is 2.34. The number of aromatic nitrogens is 1. The molecule has 0 aliphatic rings. The SMILES string of the molecule is CC(=O)c1sc(Nc2ccc(Cl)c(Cl)c2)nc1C(=O)O. The number of Topliss-reactive ketones (excluding diaryl/α,β-unsaturated/α-hetero) is 1. The van der Waals surface area contributed by atoms with E-state index in [9.17, 15) is 9.59 Å². The monoisotopic (exact) mass is 330 g/mol. The van der Waals surface area contributed by atoms with E-state index in [2.05, 4.69) is 10.3 Å². The van der Waals surface area contributed by atoms with Crippen LogP contribution >= 0.6 is 34.5 Å². The van der Waals surface area contributed by atoms with Crippen LogP contribution in [0.1, 0.15) is 27.1 Å². The molecule has 0 fully saturated rings. The van der Waals surface area contributed by atoms with Crippen molar-refractivity contribution in [3.63, 3.8) is 0 Å². The van der Waals surface area contributed by atoms with Crippen LogP contribution in [-0.2, 0) is 0 Å². The van der Waals surface area contributed by atoms with Gasteiger partial charge in [0, 0.05) is 12.6 Å². The number of benzene rings is 1. The number of rotatable bonds is 4. The van der Waals surface area contributed by atoms with Gasteiger partial charge in [-0.25, -0.2) is 9.78 Å². The van der Waals surface area contributed by atoms with Crippen molar-refractivity contribution >= 4 is 57.1 Å². The third-order valence-electron chi connectivity index (χ3n) is 2.32. The molecule has 0 bridgehead atoms. The minimum atomic E-state index is -1.24. The molecule has 0 spiro atoms. The summed E-state index contributed by atoms with van der Waals surface area (Å²) in [5, 5.41) is 13.0. The summed E-state index contributed by atoms with van der Waals surface area (Å²) in [4.78, 5) is 26.4. The number of nitrogens with zero attached hydrogens (tertiary/aromatic N) is 1. The molecule has 0 atom stereocenters. The zero-order chi connectivity index (χ0) is 14.9. The summed E-state index contributed by atoms with van der Waals surface area (Å²) in [7, 11) is 0. The lowest BCUT2D eigenvalue weighted by Gasteiger charge is -2.03. The van der Waals surface area contributed by atoms with E-state index in [0.29, 0.717) is 20.9 Å². The first-order valence-corrected chi connectivity index (χ1v) is 6.93. The maximum atomic E-state index is 11.4. The van der Waals surface area contributed by atoms with Crippen LogP contribution in [0.3, 0.4) is 0 Å². The lowest BCUT2D eigenvalue weighted by atomic mass is 10.3. The molecule has 5 nitrogen and oxygen atoms in total. The molecule has 2 rings (SSSR count). The standard InChI is InChI=1S/C12H8Cl2N2O3S/c1-5(17)10-9(11(18)19)16-12(20-10)15-6-2-3-7(13)8(14)4-6/h2-4H,1H3,(H,15,16)(H,18,19).